The zero-order valence-electron chi connectivity index (χ0n) is 22.7. The average Bonchev–Trinajstić information content (AvgIpc) is 3.00. The second-order valence-electron chi connectivity index (χ2n) is 11.1. The molecule has 0 aliphatic heterocycles. The third-order valence-electron chi connectivity index (χ3n) is 8.56. The summed E-state index contributed by atoms with van der Waals surface area (Å²) in [5.41, 5.74) is 7.65. The Hall–Kier alpha value is -4.94. The van der Waals surface area contributed by atoms with Crippen LogP contribution >= 0.6 is 0 Å². The molecule has 0 unspecified atom stereocenters. The molecule has 0 bridgehead atoms. The number of benzene rings is 8. The molecule has 0 atom stereocenters. The van der Waals surface area contributed by atoms with E-state index in [0.29, 0.717) is 0 Å². The quantitative estimate of drug-likeness (QED) is 0.204. The summed E-state index contributed by atoms with van der Waals surface area (Å²) in [5, 5.41) is 13.0. The maximum absolute atomic E-state index is 2.36. The van der Waals surface area contributed by atoms with Crippen LogP contribution in [0, 0.1) is 13.8 Å². The Labute approximate surface area is 234 Å². The monoisotopic (exact) mass is 508 g/mol. The molecular formula is C40H28. The molecule has 0 fully saturated rings. The minimum atomic E-state index is 1.25. The van der Waals surface area contributed by atoms with E-state index in [0.717, 1.165) is 0 Å². The average molecular weight is 509 g/mol. The standard InChI is InChI=1S/C40H28/c1-25-11-15-29(16-12-25)37-34-23-21-28-8-4-6-10-33(28)39(34)40-35(38(37)30-17-13-26(2)14-18-30)24-22-31-20-19-27-7-3-5-9-32(27)36(31)40/h3-24H,1-2H3. The predicted octanol–water partition coefficient (Wildman–Crippen LogP) is 11.4. The van der Waals surface area contributed by atoms with Crippen LogP contribution in [-0.2, 0) is 0 Å². The van der Waals surface area contributed by atoms with Gasteiger partial charge in [0, 0.05) is 0 Å². The van der Waals surface area contributed by atoms with Crippen LogP contribution < -0.4 is 0 Å². The highest BCUT2D eigenvalue weighted by Gasteiger charge is 2.21. The summed E-state index contributed by atoms with van der Waals surface area (Å²) in [6.07, 6.45) is 0. The number of hydrogen-bond acceptors (Lipinski definition) is 0. The molecule has 0 radical (unpaired) electrons. The van der Waals surface area contributed by atoms with E-state index >= 15 is 0 Å². The van der Waals surface area contributed by atoms with Crippen LogP contribution in [-0.4, -0.2) is 0 Å². The first-order valence-corrected chi connectivity index (χ1v) is 14.0. The van der Waals surface area contributed by atoms with E-state index in [-0.39, 0.29) is 0 Å². The van der Waals surface area contributed by atoms with Crippen molar-refractivity contribution in [1.29, 1.82) is 0 Å². The molecule has 0 saturated heterocycles. The van der Waals surface area contributed by atoms with Crippen molar-refractivity contribution in [2.75, 3.05) is 0 Å². The van der Waals surface area contributed by atoms with Gasteiger partial charge in [0.2, 0.25) is 0 Å². The molecule has 40 heavy (non-hydrogen) atoms. The van der Waals surface area contributed by atoms with E-state index < -0.39 is 0 Å². The first-order valence-electron chi connectivity index (χ1n) is 14.0. The van der Waals surface area contributed by atoms with Crippen LogP contribution in [0.1, 0.15) is 11.1 Å². The summed E-state index contributed by atoms with van der Waals surface area (Å²) in [6, 6.07) is 49.7. The van der Waals surface area contributed by atoms with E-state index in [4.69, 9.17) is 0 Å². The van der Waals surface area contributed by atoms with Crippen LogP contribution in [0.5, 0.6) is 0 Å². The molecule has 0 heteroatoms. The van der Waals surface area contributed by atoms with E-state index in [2.05, 4.69) is 147 Å². The van der Waals surface area contributed by atoms with Crippen molar-refractivity contribution in [3.05, 3.63) is 145 Å². The molecule has 0 aromatic heterocycles. The van der Waals surface area contributed by atoms with Gasteiger partial charge in [-0.05, 0) is 90.0 Å². The number of hydrogen-bond donors (Lipinski definition) is 0. The molecule has 0 aliphatic carbocycles. The second-order valence-corrected chi connectivity index (χ2v) is 11.1. The highest BCUT2D eigenvalue weighted by molar-refractivity contribution is 6.37. The maximum atomic E-state index is 2.36. The molecule has 0 N–H and O–H groups in total. The van der Waals surface area contributed by atoms with Gasteiger partial charge in [0.25, 0.3) is 0 Å². The van der Waals surface area contributed by atoms with Crippen LogP contribution in [0.15, 0.2) is 133 Å². The molecule has 0 heterocycles. The summed E-state index contributed by atoms with van der Waals surface area (Å²) < 4.78 is 0. The Morgan fingerprint density at radius 1 is 0.300 bits per heavy atom. The van der Waals surface area contributed by atoms with Crippen molar-refractivity contribution in [2.24, 2.45) is 0 Å². The molecule has 0 aliphatic rings. The number of rotatable bonds is 2. The molecule has 188 valence electrons. The van der Waals surface area contributed by atoms with Gasteiger partial charge in [-0.25, -0.2) is 0 Å². The second kappa shape index (κ2) is 8.79. The Morgan fingerprint density at radius 2 is 0.725 bits per heavy atom. The first kappa shape index (κ1) is 23.0. The summed E-state index contributed by atoms with van der Waals surface area (Å²) in [7, 11) is 0. The van der Waals surface area contributed by atoms with E-state index in [9.17, 15) is 0 Å². The molecule has 0 spiro atoms. The minimum Gasteiger partial charge on any atom is -0.0616 e. The van der Waals surface area contributed by atoms with Crippen LogP contribution in [0.25, 0.3) is 76.1 Å². The third kappa shape index (κ3) is 3.39. The van der Waals surface area contributed by atoms with Gasteiger partial charge in [0.15, 0.2) is 0 Å². The van der Waals surface area contributed by atoms with Crippen molar-refractivity contribution in [2.45, 2.75) is 13.8 Å². The Bertz CT molecular complexity index is 2250. The molecule has 8 aromatic rings. The van der Waals surface area contributed by atoms with Gasteiger partial charge >= 0.3 is 0 Å². The van der Waals surface area contributed by atoms with Crippen molar-refractivity contribution < 1.29 is 0 Å². The van der Waals surface area contributed by atoms with Crippen LogP contribution in [0.2, 0.25) is 0 Å². The van der Waals surface area contributed by atoms with E-state index in [1.54, 1.807) is 0 Å². The maximum Gasteiger partial charge on any atom is -0.000764 e. The van der Waals surface area contributed by atoms with Gasteiger partial charge in [-0.3, -0.25) is 0 Å². The van der Waals surface area contributed by atoms with E-state index in [1.807, 2.05) is 0 Å². The summed E-state index contributed by atoms with van der Waals surface area (Å²) in [4.78, 5) is 0. The van der Waals surface area contributed by atoms with Crippen LogP contribution in [0.3, 0.4) is 0 Å². The minimum absolute atomic E-state index is 1.25. The Balaban J connectivity index is 1.72. The van der Waals surface area contributed by atoms with Gasteiger partial charge in [-0.2, -0.15) is 0 Å². The lowest BCUT2D eigenvalue weighted by atomic mass is 9.81. The fraction of sp³-hybridized carbons (Fsp3) is 0.0500. The summed E-state index contributed by atoms with van der Waals surface area (Å²) in [5.74, 6) is 0. The highest BCUT2D eigenvalue weighted by atomic mass is 14.2. The first-order chi connectivity index (χ1) is 19.7. The summed E-state index contributed by atoms with van der Waals surface area (Å²) in [6.45, 7) is 4.32. The molecule has 0 saturated carbocycles. The Morgan fingerprint density at radius 3 is 1.30 bits per heavy atom. The SMILES string of the molecule is Cc1ccc(-c2c(-c3ccc(C)cc3)c3ccc4ccc5ccccc5c4c3c3c2ccc2ccccc23)cc1. The molecule has 0 amide bonds. The molecule has 8 rings (SSSR count). The predicted molar refractivity (Wildman–Crippen MR) is 174 cm³/mol. The molecular weight excluding hydrogens is 480 g/mol. The van der Waals surface area contributed by atoms with Crippen molar-refractivity contribution >= 4 is 53.9 Å². The third-order valence-corrected chi connectivity index (χ3v) is 8.56. The largest absolute Gasteiger partial charge is 0.0616 e. The number of fused-ring (bicyclic) bond motifs is 9. The van der Waals surface area contributed by atoms with Crippen molar-refractivity contribution in [3.63, 3.8) is 0 Å². The zero-order chi connectivity index (χ0) is 26.8. The lowest BCUT2D eigenvalue weighted by Crippen LogP contribution is -1.94. The fourth-order valence-electron chi connectivity index (χ4n) is 6.62. The van der Waals surface area contributed by atoms with Crippen molar-refractivity contribution in [1.82, 2.24) is 0 Å². The zero-order valence-corrected chi connectivity index (χ0v) is 22.7. The smallest absolute Gasteiger partial charge is 0.000764 e. The van der Waals surface area contributed by atoms with Crippen LogP contribution in [0.4, 0.5) is 0 Å². The fourth-order valence-corrected chi connectivity index (χ4v) is 6.62. The van der Waals surface area contributed by atoms with Gasteiger partial charge in [-0.1, -0.05) is 145 Å². The molecule has 0 nitrogen and oxygen atoms in total. The molecule has 8 aromatic carbocycles. The van der Waals surface area contributed by atoms with Crippen molar-refractivity contribution in [3.8, 4) is 22.3 Å². The number of aryl methyl sites for hydroxylation is 2. The summed E-state index contributed by atoms with van der Waals surface area (Å²) >= 11 is 0. The van der Waals surface area contributed by atoms with Gasteiger partial charge in [0.05, 0.1) is 0 Å². The lowest BCUT2D eigenvalue weighted by Gasteiger charge is -2.21. The Kier molecular flexibility index (Phi) is 5.06. The normalized spacial score (nSPS) is 11.8. The van der Waals surface area contributed by atoms with Gasteiger partial charge < -0.3 is 0 Å². The van der Waals surface area contributed by atoms with Gasteiger partial charge in [-0.15, -0.1) is 0 Å². The highest BCUT2D eigenvalue weighted by Crippen LogP contribution is 2.49. The lowest BCUT2D eigenvalue weighted by molar-refractivity contribution is 1.46. The van der Waals surface area contributed by atoms with E-state index in [1.165, 1.54) is 87.2 Å². The van der Waals surface area contributed by atoms with Gasteiger partial charge in [0.1, 0.15) is 0 Å². The topological polar surface area (TPSA) is 0 Å².